The summed E-state index contributed by atoms with van der Waals surface area (Å²) in [6, 6.07) is 14.7. The molecule has 2 aromatic carbocycles. The van der Waals surface area contributed by atoms with Gasteiger partial charge in [-0.3, -0.25) is 4.99 Å². The van der Waals surface area contributed by atoms with Gasteiger partial charge < -0.3 is 10.6 Å². The third-order valence-electron chi connectivity index (χ3n) is 3.63. The Hall–Kier alpha value is -2.07. The van der Waals surface area contributed by atoms with Crippen molar-refractivity contribution < 1.29 is 4.39 Å². The maximum atomic E-state index is 14.2. The van der Waals surface area contributed by atoms with Crippen molar-refractivity contribution in [3.8, 4) is 0 Å². The van der Waals surface area contributed by atoms with E-state index in [-0.39, 0.29) is 11.1 Å². The fourth-order valence-corrected chi connectivity index (χ4v) is 2.73. The first-order chi connectivity index (χ1) is 10.2. The van der Waals surface area contributed by atoms with Crippen LogP contribution >= 0.6 is 11.6 Å². The Morgan fingerprint density at radius 2 is 1.95 bits per heavy atom. The van der Waals surface area contributed by atoms with Crippen molar-refractivity contribution in [1.29, 1.82) is 0 Å². The van der Waals surface area contributed by atoms with Crippen LogP contribution in [0.25, 0.3) is 0 Å². The number of nitrogens with two attached hydrogens (primary N) is 1. The summed E-state index contributed by atoms with van der Waals surface area (Å²) in [5.41, 5.74) is 7.60. The third kappa shape index (κ3) is 2.72. The average Bonchev–Trinajstić information content (AvgIpc) is 2.84. The molecule has 1 aliphatic heterocycles. The van der Waals surface area contributed by atoms with Crippen molar-refractivity contribution in [3.05, 3.63) is 70.5 Å². The molecule has 0 spiro atoms. The fourth-order valence-electron chi connectivity index (χ4n) is 2.54. The largest absolute Gasteiger partial charge is 0.370 e. The van der Waals surface area contributed by atoms with E-state index in [0.717, 1.165) is 5.56 Å². The number of guanidine groups is 1. The van der Waals surface area contributed by atoms with Crippen LogP contribution in [0.5, 0.6) is 0 Å². The first-order valence-corrected chi connectivity index (χ1v) is 7.09. The Kier molecular flexibility index (Phi) is 3.80. The van der Waals surface area contributed by atoms with E-state index in [1.54, 1.807) is 18.2 Å². The molecule has 21 heavy (non-hydrogen) atoms. The molecule has 1 heterocycles. The van der Waals surface area contributed by atoms with Crippen molar-refractivity contribution in [1.82, 2.24) is 4.90 Å². The maximum absolute atomic E-state index is 14.2. The number of hydrogen-bond donors (Lipinski definition) is 1. The van der Waals surface area contributed by atoms with Crippen LogP contribution in [0.3, 0.4) is 0 Å². The number of halogens is 2. The van der Waals surface area contributed by atoms with Gasteiger partial charge in [0.2, 0.25) is 0 Å². The van der Waals surface area contributed by atoms with E-state index in [9.17, 15) is 4.39 Å². The molecule has 0 saturated carbocycles. The lowest BCUT2D eigenvalue weighted by Gasteiger charge is -2.27. The second-order valence-corrected chi connectivity index (χ2v) is 5.38. The molecular formula is C16H15ClFN3. The van der Waals surface area contributed by atoms with Crippen molar-refractivity contribution in [2.75, 3.05) is 6.54 Å². The van der Waals surface area contributed by atoms with Gasteiger partial charge in [-0.25, -0.2) is 4.39 Å². The Morgan fingerprint density at radius 1 is 1.19 bits per heavy atom. The highest BCUT2D eigenvalue weighted by Crippen LogP contribution is 2.31. The Balaban J connectivity index is 1.90. The van der Waals surface area contributed by atoms with E-state index in [1.165, 1.54) is 0 Å². The molecule has 108 valence electrons. The lowest BCUT2D eigenvalue weighted by molar-refractivity contribution is 0.332. The fraction of sp³-hybridized carbons (Fsp3) is 0.188. The van der Waals surface area contributed by atoms with Gasteiger partial charge in [0.1, 0.15) is 5.82 Å². The summed E-state index contributed by atoms with van der Waals surface area (Å²) in [5.74, 6) is 0.0374. The van der Waals surface area contributed by atoms with Gasteiger partial charge in [-0.2, -0.15) is 0 Å². The topological polar surface area (TPSA) is 41.6 Å². The van der Waals surface area contributed by atoms with Crippen LogP contribution in [0.4, 0.5) is 4.39 Å². The molecular weight excluding hydrogens is 289 g/mol. The molecule has 2 N–H and O–H groups in total. The van der Waals surface area contributed by atoms with Crippen LogP contribution < -0.4 is 5.73 Å². The molecule has 0 amide bonds. The lowest BCUT2D eigenvalue weighted by Crippen LogP contribution is -2.35. The SMILES string of the molecule is NC1=NCC(c2cccc(Cl)c2F)N1Cc1ccccc1. The van der Waals surface area contributed by atoms with E-state index >= 15 is 0 Å². The number of benzene rings is 2. The molecule has 1 atom stereocenters. The quantitative estimate of drug-likeness (QED) is 0.945. The molecule has 1 unspecified atom stereocenters. The van der Waals surface area contributed by atoms with E-state index in [0.29, 0.717) is 24.6 Å². The van der Waals surface area contributed by atoms with Crippen molar-refractivity contribution in [2.24, 2.45) is 10.7 Å². The number of rotatable bonds is 3. The van der Waals surface area contributed by atoms with Crippen molar-refractivity contribution in [2.45, 2.75) is 12.6 Å². The van der Waals surface area contributed by atoms with E-state index in [4.69, 9.17) is 17.3 Å². The minimum absolute atomic E-state index is 0.123. The lowest BCUT2D eigenvalue weighted by atomic mass is 10.0. The third-order valence-corrected chi connectivity index (χ3v) is 3.92. The van der Waals surface area contributed by atoms with Crippen molar-refractivity contribution in [3.63, 3.8) is 0 Å². The minimum Gasteiger partial charge on any atom is -0.370 e. The van der Waals surface area contributed by atoms with Crippen LogP contribution in [-0.2, 0) is 6.54 Å². The molecule has 3 nitrogen and oxygen atoms in total. The highest BCUT2D eigenvalue weighted by atomic mass is 35.5. The van der Waals surface area contributed by atoms with E-state index in [2.05, 4.69) is 4.99 Å². The number of hydrogen-bond acceptors (Lipinski definition) is 3. The molecule has 3 rings (SSSR count). The van der Waals surface area contributed by atoms with Gasteiger partial charge in [0.15, 0.2) is 5.96 Å². The molecule has 5 heteroatoms. The summed E-state index contributed by atoms with van der Waals surface area (Å²) in [4.78, 5) is 6.16. The second kappa shape index (κ2) is 5.74. The first-order valence-electron chi connectivity index (χ1n) is 6.71. The first kappa shape index (κ1) is 13.9. The Bertz CT molecular complexity index is 672. The molecule has 0 bridgehead atoms. The van der Waals surface area contributed by atoms with E-state index in [1.807, 2.05) is 35.2 Å². The summed E-state index contributed by atoms with van der Waals surface area (Å²) >= 11 is 5.87. The number of aliphatic imine (C=N–C) groups is 1. The van der Waals surface area contributed by atoms with Crippen LogP contribution in [0, 0.1) is 5.82 Å². The van der Waals surface area contributed by atoms with Gasteiger partial charge in [-0.05, 0) is 11.6 Å². The van der Waals surface area contributed by atoms with Gasteiger partial charge in [-0.1, -0.05) is 54.1 Å². The Morgan fingerprint density at radius 3 is 2.71 bits per heavy atom. The molecule has 0 fully saturated rings. The zero-order valence-corrected chi connectivity index (χ0v) is 12.1. The van der Waals surface area contributed by atoms with Gasteiger partial charge in [0.25, 0.3) is 0 Å². The van der Waals surface area contributed by atoms with Gasteiger partial charge >= 0.3 is 0 Å². The maximum Gasteiger partial charge on any atom is 0.192 e. The smallest absolute Gasteiger partial charge is 0.192 e. The highest BCUT2D eigenvalue weighted by molar-refractivity contribution is 6.30. The van der Waals surface area contributed by atoms with Crippen LogP contribution in [0.15, 0.2) is 53.5 Å². The molecule has 2 aromatic rings. The predicted molar refractivity (Wildman–Crippen MR) is 82.6 cm³/mol. The summed E-state index contributed by atoms with van der Waals surface area (Å²) in [7, 11) is 0. The van der Waals surface area contributed by atoms with Gasteiger partial charge in [0, 0.05) is 12.1 Å². The van der Waals surface area contributed by atoms with Crippen molar-refractivity contribution >= 4 is 17.6 Å². The predicted octanol–water partition coefficient (Wildman–Crippen LogP) is 3.35. The highest BCUT2D eigenvalue weighted by Gasteiger charge is 2.30. The summed E-state index contributed by atoms with van der Waals surface area (Å²) in [6.45, 7) is 1.03. The summed E-state index contributed by atoms with van der Waals surface area (Å²) < 4.78 is 14.2. The molecule has 0 saturated heterocycles. The Labute approximate surface area is 127 Å². The summed E-state index contributed by atoms with van der Waals surface area (Å²) in [5, 5.41) is 0.123. The monoisotopic (exact) mass is 303 g/mol. The molecule has 0 aromatic heterocycles. The van der Waals surface area contributed by atoms with Crippen LogP contribution in [-0.4, -0.2) is 17.4 Å². The normalized spacial score (nSPS) is 17.9. The zero-order chi connectivity index (χ0) is 14.8. The summed E-state index contributed by atoms with van der Waals surface area (Å²) in [6.07, 6.45) is 0. The molecule has 0 radical (unpaired) electrons. The van der Waals surface area contributed by atoms with Crippen LogP contribution in [0.1, 0.15) is 17.2 Å². The zero-order valence-electron chi connectivity index (χ0n) is 11.3. The minimum atomic E-state index is -0.396. The second-order valence-electron chi connectivity index (χ2n) is 4.97. The number of nitrogens with zero attached hydrogens (tertiary/aromatic N) is 2. The molecule has 1 aliphatic rings. The standard InChI is InChI=1S/C16H15ClFN3/c17-13-8-4-7-12(15(13)18)14-9-20-16(19)21(14)10-11-5-2-1-3-6-11/h1-8,14H,9-10H2,(H2,19,20). The van der Waals surface area contributed by atoms with Gasteiger partial charge in [0.05, 0.1) is 17.6 Å². The molecule has 0 aliphatic carbocycles. The van der Waals surface area contributed by atoms with Gasteiger partial charge in [-0.15, -0.1) is 0 Å². The average molecular weight is 304 g/mol. The van der Waals surface area contributed by atoms with Crippen LogP contribution in [0.2, 0.25) is 5.02 Å². The van der Waals surface area contributed by atoms with E-state index < -0.39 is 5.82 Å².